The van der Waals surface area contributed by atoms with Crippen molar-refractivity contribution in [1.29, 1.82) is 5.26 Å². The van der Waals surface area contributed by atoms with Crippen molar-refractivity contribution in [3.8, 4) is 17.6 Å². The molecule has 4 nitrogen and oxygen atoms in total. The number of ether oxygens (including phenoxy) is 2. The highest BCUT2D eigenvalue weighted by Gasteiger charge is 2.09. The molecule has 0 spiro atoms. The van der Waals surface area contributed by atoms with Crippen LogP contribution in [0, 0.1) is 11.3 Å². The quantitative estimate of drug-likeness (QED) is 0.906. The average molecular weight is 269 g/mol. The van der Waals surface area contributed by atoms with E-state index in [0.29, 0.717) is 17.1 Å². The number of nitrogens with zero attached hydrogens (tertiary/aromatic N) is 1. The molecule has 4 heteroatoms. The maximum absolute atomic E-state index is 10.1. The van der Waals surface area contributed by atoms with Gasteiger partial charge in [-0.25, -0.2) is 0 Å². The van der Waals surface area contributed by atoms with E-state index in [9.17, 15) is 5.11 Å². The van der Waals surface area contributed by atoms with Crippen LogP contribution >= 0.6 is 0 Å². The molecular formula is C16H15NO3. The number of benzene rings is 2. The van der Waals surface area contributed by atoms with Gasteiger partial charge in [0.15, 0.2) is 0 Å². The number of hydrogen-bond donors (Lipinski definition) is 1. The van der Waals surface area contributed by atoms with E-state index >= 15 is 0 Å². The molecule has 0 aliphatic heterocycles. The van der Waals surface area contributed by atoms with Crippen molar-refractivity contribution in [3.05, 3.63) is 59.7 Å². The third-order valence-electron chi connectivity index (χ3n) is 2.87. The molecular weight excluding hydrogens is 254 g/mol. The van der Waals surface area contributed by atoms with E-state index in [-0.39, 0.29) is 6.61 Å². The zero-order chi connectivity index (χ0) is 14.4. The molecule has 0 aliphatic carbocycles. The van der Waals surface area contributed by atoms with Gasteiger partial charge in [-0.05, 0) is 42.0 Å². The number of nitriles is 1. The molecule has 20 heavy (non-hydrogen) atoms. The molecule has 1 unspecified atom stereocenters. The molecule has 0 heterocycles. The molecule has 2 rings (SSSR count). The Morgan fingerprint density at radius 3 is 2.55 bits per heavy atom. The Morgan fingerprint density at radius 2 is 1.90 bits per heavy atom. The van der Waals surface area contributed by atoms with Crippen LogP contribution in [-0.2, 0) is 0 Å². The summed E-state index contributed by atoms with van der Waals surface area (Å²) in [6, 6.07) is 16.0. The summed E-state index contributed by atoms with van der Waals surface area (Å²) < 4.78 is 10.6. The maximum Gasteiger partial charge on any atom is 0.119 e. The minimum Gasteiger partial charge on any atom is -0.497 e. The molecule has 1 N–H and O–H groups in total. The van der Waals surface area contributed by atoms with Crippen molar-refractivity contribution in [1.82, 2.24) is 0 Å². The Morgan fingerprint density at radius 1 is 1.15 bits per heavy atom. The normalized spacial score (nSPS) is 11.4. The van der Waals surface area contributed by atoms with Gasteiger partial charge in [0, 0.05) is 0 Å². The summed E-state index contributed by atoms with van der Waals surface area (Å²) in [7, 11) is 1.58. The van der Waals surface area contributed by atoms with E-state index < -0.39 is 6.10 Å². The molecule has 0 amide bonds. The van der Waals surface area contributed by atoms with E-state index in [2.05, 4.69) is 0 Å². The van der Waals surface area contributed by atoms with E-state index in [0.717, 1.165) is 5.56 Å². The van der Waals surface area contributed by atoms with Crippen LogP contribution < -0.4 is 9.47 Å². The molecule has 0 saturated carbocycles. The fraction of sp³-hybridized carbons (Fsp3) is 0.188. The molecule has 0 radical (unpaired) electrons. The molecule has 1 atom stereocenters. The van der Waals surface area contributed by atoms with Gasteiger partial charge in [-0.15, -0.1) is 0 Å². The molecule has 0 aliphatic rings. The number of aliphatic hydroxyl groups excluding tert-OH is 1. The Labute approximate surface area is 117 Å². The first-order chi connectivity index (χ1) is 9.72. The predicted octanol–water partition coefficient (Wildman–Crippen LogP) is 2.68. The second kappa shape index (κ2) is 6.60. The van der Waals surface area contributed by atoms with Crippen LogP contribution in [0.5, 0.6) is 11.5 Å². The Hall–Kier alpha value is -2.51. The molecule has 102 valence electrons. The summed E-state index contributed by atoms with van der Waals surface area (Å²) in [6.07, 6.45) is -0.735. The molecule has 0 aromatic heterocycles. The molecule has 0 bridgehead atoms. The lowest BCUT2D eigenvalue weighted by Gasteiger charge is -2.13. The molecule has 0 fully saturated rings. The minimum atomic E-state index is -0.735. The topological polar surface area (TPSA) is 62.5 Å². The van der Waals surface area contributed by atoms with Gasteiger partial charge in [0.05, 0.1) is 18.7 Å². The zero-order valence-corrected chi connectivity index (χ0v) is 11.1. The number of hydrogen-bond acceptors (Lipinski definition) is 4. The first-order valence-corrected chi connectivity index (χ1v) is 6.18. The maximum atomic E-state index is 10.1. The summed E-state index contributed by atoms with van der Waals surface area (Å²) >= 11 is 0. The van der Waals surface area contributed by atoms with Crippen LogP contribution in [0.1, 0.15) is 17.2 Å². The molecule has 2 aromatic rings. The Bertz CT molecular complexity index is 602. The lowest BCUT2D eigenvalue weighted by Crippen LogP contribution is -2.09. The first kappa shape index (κ1) is 13.9. The highest BCUT2D eigenvalue weighted by Crippen LogP contribution is 2.20. The van der Waals surface area contributed by atoms with Gasteiger partial charge in [0.1, 0.15) is 24.2 Å². The van der Waals surface area contributed by atoms with Gasteiger partial charge in [0.25, 0.3) is 0 Å². The van der Waals surface area contributed by atoms with Gasteiger partial charge < -0.3 is 14.6 Å². The van der Waals surface area contributed by atoms with Crippen LogP contribution in [0.25, 0.3) is 0 Å². The van der Waals surface area contributed by atoms with Crippen LogP contribution in [-0.4, -0.2) is 18.8 Å². The van der Waals surface area contributed by atoms with Gasteiger partial charge >= 0.3 is 0 Å². The lowest BCUT2D eigenvalue weighted by molar-refractivity contribution is 0.108. The van der Waals surface area contributed by atoms with Crippen LogP contribution in [0.4, 0.5) is 0 Å². The molecule has 0 saturated heterocycles. The van der Waals surface area contributed by atoms with Crippen LogP contribution in [0.3, 0.4) is 0 Å². The number of methoxy groups -OCH3 is 1. The van der Waals surface area contributed by atoms with E-state index in [1.54, 1.807) is 37.4 Å². The van der Waals surface area contributed by atoms with Gasteiger partial charge in [-0.2, -0.15) is 5.26 Å². The highest BCUT2D eigenvalue weighted by molar-refractivity contribution is 5.34. The van der Waals surface area contributed by atoms with Crippen LogP contribution in [0.2, 0.25) is 0 Å². The van der Waals surface area contributed by atoms with E-state index in [1.165, 1.54) is 0 Å². The number of rotatable bonds is 5. The average Bonchev–Trinajstić information content (AvgIpc) is 2.53. The summed E-state index contributed by atoms with van der Waals surface area (Å²) in [5, 5.41) is 18.8. The highest BCUT2D eigenvalue weighted by atomic mass is 16.5. The Balaban J connectivity index is 1.97. The van der Waals surface area contributed by atoms with Crippen molar-refractivity contribution in [2.75, 3.05) is 13.7 Å². The fourth-order valence-electron chi connectivity index (χ4n) is 1.75. The summed E-state index contributed by atoms with van der Waals surface area (Å²) in [5.41, 5.74) is 1.31. The zero-order valence-electron chi connectivity index (χ0n) is 11.1. The smallest absolute Gasteiger partial charge is 0.119 e. The fourth-order valence-corrected chi connectivity index (χ4v) is 1.75. The van der Waals surface area contributed by atoms with Crippen molar-refractivity contribution in [2.24, 2.45) is 0 Å². The van der Waals surface area contributed by atoms with Crippen molar-refractivity contribution < 1.29 is 14.6 Å². The standard InChI is InChI=1S/C16H15NO3/c1-19-15-4-2-3-13(9-15)16(18)11-20-14-7-5-12(10-17)6-8-14/h2-9,16,18H,11H2,1H3. The lowest BCUT2D eigenvalue weighted by atomic mass is 10.1. The Kier molecular flexibility index (Phi) is 4.59. The largest absolute Gasteiger partial charge is 0.497 e. The second-order valence-corrected chi connectivity index (χ2v) is 4.24. The second-order valence-electron chi connectivity index (χ2n) is 4.24. The third-order valence-corrected chi connectivity index (χ3v) is 2.87. The monoisotopic (exact) mass is 269 g/mol. The van der Waals surface area contributed by atoms with Crippen molar-refractivity contribution in [3.63, 3.8) is 0 Å². The minimum absolute atomic E-state index is 0.138. The van der Waals surface area contributed by atoms with E-state index in [4.69, 9.17) is 14.7 Å². The van der Waals surface area contributed by atoms with Crippen molar-refractivity contribution >= 4 is 0 Å². The van der Waals surface area contributed by atoms with E-state index in [1.807, 2.05) is 24.3 Å². The summed E-state index contributed by atoms with van der Waals surface area (Å²) in [4.78, 5) is 0. The van der Waals surface area contributed by atoms with Gasteiger partial charge in [-0.3, -0.25) is 0 Å². The number of aliphatic hydroxyl groups is 1. The third kappa shape index (κ3) is 3.50. The first-order valence-electron chi connectivity index (χ1n) is 6.18. The van der Waals surface area contributed by atoms with Crippen molar-refractivity contribution in [2.45, 2.75) is 6.10 Å². The van der Waals surface area contributed by atoms with Gasteiger partial charge in [-0.1, -0.05) is 12.1 Å². The molecule has 2 aromatic carbocycles. The SMILES string of the molecule is COc1cccc(C(O)COc2ccc(C#N)cc2)c1. The summed E-state index contributed by atoms with van der Waals surface area (Å²) in [5.74, 6) is 1.31. The predicted molar refractivity (Wildman–Crippen MR) is 74.6 cm³/mol. The van der Waals surface area contributed by atoms with Gasteiger partial charge in [0.2, 0.25) is 0 Å². The van der Waals surface area contributed by atoms with Crippen LogP contribution in [0.15, 0.2) is 48.5 Å². The summed E-state index contributed by atoms with van der Waals surface area (Å²) in [6.45, 7) is 0.138.